The fraction of sp³-hybridized carbons (Fsp3) is 0.200. The van der Waals surface area contributed by atoms with Gasteiger partial charge in [-0.3, -0.25) is 0 Å². The highest BCUT2D eigenvalue weighted by Gasteiger charge is 2.11. The molecule has 16 heavy (non-hydrogen) atoms. The van der Waals surface area contributed by atoms with Crippen LogP contribution < -0.4 is 10.6 Å². The molecule has 0 aliphatic rings. The molecular weight excluding hydrogens is 211 g/mol. The highest BCUT2D eigenvalue weighted by Crippen LogP contribution is 2.22. The summed E-state index contributed by atoms with van der Waals surface area (Å²) in [6.45, 7) is 0. The first-order chi connectivity index (χ1) is 7.58. The lowest BCUT2D eigenvalue weighted by atomic mass is 10.2. The zero-order chi connectivity index (χ0) is 11.7. The minimum atomic E-state index is -0.498. The van der Waals surface area contributed by atoms with E-state index in [1.807, 2.05) is 0 Å². The molecule has 1 heterocycles. The molecule has 0 aliphatic carbocycles. The van der Waals surface area contributed by atoms with Gasteiger partial charge in [0, 0.05) is 19.7 Å². The van der Waals surface area contributed by atoms with E-state index in [0.717, 1.165) is 0 Å². The van der Waals surface area contributed by atoms with Crippen molar-refractivity contribution in [3.05, 3.63) is 24.0 Å². The number of halogens is 1. The van der Waals surface area contributed by atoms with E-state index in [2.05, 4.69) is 10.1 Å². The third kappa shape index (κ3) is 1.81. The maximum absolute atomic E-state index is 13.2. The first-order valence-corrected chi connectivity index (χ1v) is 4.64. The predicted octanol–water partition coefficient (Wildman–Crippen LogP) is 1.52. The summed E-state index contributed by atoms with van der Waals surface area (Å²) < 4.78 is 18.2. The summed E-state index contributed by atoms with van der Waals surface area (Å²) in [6.07, 6.45) is 0. The maximum Gasteiger partial charge on any atom is 0.265 e. The van der Waals surface area contributed by atoms with Gasteiger partial charge in [-0.25, -0.2) is 4.39 Å². The largest absolute Gasteiger partial charge is 0.396 e. The van der Waals surface area contributed by atoms with E-state index in [1.165, 1.54) is 12.1 Å². The molecule has 2 N–H and O–H groups in total. The Kier molecular flexibility index (Phi) is 2.47. The lowest BCUT2D eigenvalue weighted by molar-refractivity contribution is 0.430. The average molecular weight is 222 g/mol. The summed E-state index contributed by atoms with van der Waals surface area (Å²) in [5.41, 5.74) is 5.97. The predicted molar refractivity (Wildman–Crippen MR) is 58.4 cm³/mol. The Morgan fingerprint density at radius 2 is 2.12 bits per heavy atom. The summed E-state index contributed by atoms with van der Waals surface area (Å²) >= 11 is 0. The van der Waals surface area contributed by atoms with Crippen molar-refractivity contribution in [2.24, 2.45) is 0 Å². The van der Waals surface area contributed by atoms with Gasteiger partial charge < -0.3 is 15.2 Å². The van der Waals surface area contributed by atoms with Crippen molar-refractivity contribution >= 4 is 11.6 Å². The van der Waals surface area contributed by atoms with Gasteiger partial charge in [-0.2, -0.15) is 4.98 Å². The number of aromatic nitrogens is 2. The standard InChI is InChI=1S/C10H11FN4O/c1-15(2)10-13-9(16-14-10)6-3-4-8(12)7(11)5-6/h3-5H,12H2,1-2H3. The molecule has 6 heteroatoms. The number of hydrogen-bond acceptors (Lipinski definition) is 5. The van der Waals surface area contributed by atoms with Gasteiger partial charge in [0.25, 0.3) is 11.8 Å². The van der Waals surface area contributed by atoms with Crippen molar-refractivity contribution in [3.63, 3.8) is 0 Å². The molecule has 1 aromatic heterocycles. The molecule has 0 spiro atoms. The lowest BCUT2D eigenvalue weighted by Gasteiger charge is -2.02. The van der Waals surface area contributed by atoms with E-state index in [0.29, 0.717) is 11.5 Å². The first kappa shape index (κ1) is 10.4. The highest BCUT2D eigenvalue weighted by molar-refractivity contribution is 5.58. The van der Waals surface area contributed by atoms with Crippen LogP contribution in [0.5, 0.6) is 0 Å². The Hall–Kier alpha value is -2.11. The van der Waals surface area contributed by atoms with Crippen LogP contribution in [0.2, 0.25) is 0 Å². The summed E-state index contributed by atoms with van der Waals surface area (Å²) in [5, 5.41) is 3.73. The molecule has 0 bridgehead atoms. The second kappa shape index (κ2) is 3.80. The first-order valence-electron chi connectivity index (χ1n) is 4.64. The molecular formula is C10H11FN4O. The van der Waals surface area contributed by atoms with Crippen LogP contribution in [0.4, 0.5) is 16.0 Å². The molecule has 0 radical (unpaired) electrons. The molecule has 0 atom stereocenters. The van der Waals surface area contributed by atoms with Crippen LogP contribution in [0, 0.1) is 5.82 Å². The Bertz CT molecular complexity index is 509. The number of anilines is 2. The van der Waals surface area contributed by atoms with Crippen molar-refractivity contribution in [3.8, 4) is 11.5 Å². The molecule has 0 aliphatic heterocycles. The Labute approximate surface area is 91.7 Å². The molecule has 1 aromatic carbocycles. The van der Waals surface area contributed by atoms with Gasteiger partial charge >= 0.3 is 0 Å². The zero-order valence-corrected chi connectivity index (χ0v) is 8.94. The molecule has 5 nitrogen and oxygen atoms in total. The van der Waals surface area contributed by atoms with Crippen LogP contribution in [-0.2, 0) is 0 Å². The van der Waals surface area contributed by atoms with Crippen molar-refractivity contribution < 1.29 is 8.91 Å². The SMILES string of the molecule is CN(C)c1noc(-c2ccc(N)c(F)c2)n1. The van der Waals surface area contributed by atoms with Gasteiger partial charge in [0.15, 0.2) is 0 Å². The number of benzene rings is 1. The van der Waals surface area contributed by atoms with E-state index >= 15 is 0 Å². The molecule has 2 rings (SSSR count). The minimum absolute atomic E-state index is 0.0936. The Morgan fingerprint density at radius 3 is 2.69 bits per heavy atom. The monoisotopic (exact) mass is 222 g/mol. The maximum atomic E-state index is 13.2. The van der Waals surface area contributed by atoms with Crippen molar-refractivity contribution in [1.82, 2.24) is 10.1 Å². The number of rotatable bonds is 2. The fourth-order valence-corrected chi connectivity index (χ4v) is 1.17. The van der Waals surface area contributed by atoms with E-state index < -0.39 is 5.82 Å². The third-order valence-electron chi connectivity index (χ3n) is 2.06. The minimum Gasteiger partial charge on any atom is -0.396 e. The molecule has 84 valence electrons. The van der Waals surface area contributed by atoms with E-state index in [1.54, 1.807) is 25.1 Å². The molecule has 0 saturated carbocycles. The van der Waals surface area contributed by atoms with Crippen molar-refractivity contribution in [2.45, 2.75) is 0 Å². The second-order valence-corrected chi connectivity index (χ2v) is 3.53. The lowest BCUT2D eigenvalue weighted by Crippen LogP contribution is -2.10. The van der Waals surface area contributed by atoms with Crippen LogP contribution in [-0.4, -0.2) is 24.2 Å². The summed E-state index contributed by atoms with van der Waals surface area (Å²) in [4.78, 5) is 5.79. The average Bonchev–Trinajstić information content (AvgIpc) is 2.71. The highest BCUT2D eigenvalue weighted by atomic mass is 19.1. The Balaban J connectivity index is 2.39. The molecule has 0 saturated heterocycles. The van der Waals surface area contributed by atoms with Gasteiger partial charge in [-0.15, -0.1) is 0 Å². The van der Waals surface area contributed by atoms with Crippen molar-refractivity contribution in [1.29, 1.82) is 0 Å². The van der Waals surface area contributed by atoms with Crippen LogP contribution in [0.3, 0.4) is 0 Å². The van der Waals surface area contributed by atoms with Gasteiger partial charge in [0.1, 0.15) is 5.82 Å². The summed E-state index contributed by atoms with van der Waals surface area (Å²) in [7, 11) is 3.58. The van der Waals surface area contributed by atoms with Crippen molar-refractivity contribution in [2.75, 3.05) is 24.7 Å². The summed E-state index contributed by atoms with van der Waals surface area (Å²) in [6, 6.07) is 4.36. The summed E-state index contributed by atoms with van der Waals surface area (Å²) in [5.74, 6) is 0.205. The number of nitrogen functional groups attached to an aromatic ring is 1. The topological polar surface area (TPSA) is 68.2 Å². The van der Waals surface area contributed by atoms with E-state index in [4.69, 9.17) is 10.3 Å². The number of nitrogens with zero attached hydrogens (tertiary/aromatic N) is 3. The zero-order valence-electron chi connectivity index (χ0n) is 8.94. The van der Waals surface area contributed by atoms with Gasteiger partial charge in [-0.05, 0) is 23.4 Å². The Morgan fingerprint density at radius 1 is 1.38 bits per heavy atom. The normalized spacial score (nSPS) is 10.4. The van der Waals surface area contributed by atoms with Gasteiger partial charge in [0.05, 0.1) is 5.69 Å². The third-order valence-corrected chi connectivity index (χ3v) is 2.06. The number of nitrogens with two attached hydrogens (primary N) is 1. The van der Waals surface area contributed by atoms with Crippen LogP contribution >= 0.6 is 0 Å². The molecule has 0 unspecified atom stereocenters. The van der Waals surface area contributed by atoms with Crippen LogP contribution in [0.15, 0.2) is 22.7 Å². The van der Waals surface area contributed by atoms with Gasteiger partial charge in [0.2, 0.25) is 0 Å². The van der Waals surface area contributed by atoms with E-state index in [-0.39, 0.29) is 11.6 Å². The van der Waals surface area contributed by atoms with E-state index in [9.17, 15) is 4.39 Å². The fourth-order valence-electron chi connectivity index (χ4n) is 1.17. The molecule has 0 fully saturated rings. The second-order valence-electron chi connectivity index (χ2n) is 3.53. The molecule has 0 amide bonds. The molecule has 2 aromatic rings. The smallest absolute Gasteiger partial charge is 0.265 e. The van der Waals surface area contributed by atoms with Crippen LogP contribution in [0.1, 0.15) is 0 Å². The quantitative estimate of drug-likeness (QED) is 0.780. The van der Waals surface area contributed by atoms with Crippen LogP contribution in [0.25, 0.3) is 11.5 Å². The number of hydrogen-bond donors (Lipinski definition) is 1. The van der Waals surface area contributed by atoms with Gasteiger partial charge in [-0.1, -0.05) is 0 Å².